The first kappa shape index (κ1) is 20.1. The highest BCUT2D eigenvalue weighted by Crippen LogP contribution is 2.23. The molecule has 5 nitrogen and oxygen atoms in total. The van der Waals surface area contributed by atoms with Gasteiger partial charge in [0.25, 0.3) is 5.91 Å². The number of ketones is 1. The molecule has 1 aromatic rings. The van der Waals surface area contributed by atoms with Crippen LogP contribution in [-0.4, -0.2) is 41.8 Å². The Morgan fingerprint density at radius 2 is 1.81 bits per heavy atom. The molecule has 0 spiro atoms. The summed E-state index contributed by atoms with van der Waals surface area (Å²) in [6.45, 7) is 5.90. The standard InChI is InChI=1S/C21H29NO4/c1-21(2,3)18(23)19(24)22-14-8-7-13-17(22)20(25)26-15-9-12-16-10-5-4-6-11-16/h4-6,10-11,17H,7-9,12-15H2,1-3H3/t17-/m0/s1. The molecule has 1 aromatic carbocycles. The molecule has 1 aliphatic heterocycles. The molecule has 0 aliphatic carbocycles. The van der Waals surface area contributed by atoms with Crippen LogP contribution in [-0.2, 0) is 25.5 Å². The fourth-order valence-electron chi connectivity index (χ4n) is 3.06. The summed E-state index contributed by atoms with van der Waals surface area (Å²) >= 11 is 0. The summed E-state index contributed by atoms with van der Waals surface area (Å²) in [5.74, 6) is -1.42. The minimum atomic E-state index is -0.751. The van der Waals surface area contributed by atoms with Gasteiger partial charge in [0.15, 0.2) is 0 Å². The van der Waals surface area contributed by atoms with Crippen LogP contribution in [0, 0.1) is 5.41 Å². The molecule has 0 bridgehead atoms. The first-order valence-corrected chi connectivity index (χ1v) is 9.36. The van der Waals surface area contributed by atoms with Gasteiger partial charge in [-0.15, -0.1) is 0 Å². The summed E-state index contributed by atoms with van der Waals surface area (Å²) in [6, 6.07) is 9.39. The Kier molecular flexibility index (Phi) is 6.95. The van der Waals surface area contributed by atoms with Crippen LogP contribution in [0.15, 0.2) is 30.3 Å². The third kappa shape index (κ3) is 5.41. The second-order valence-electron chi connectivity index (χ2n) is 7.85. The highest BCUT2D eigenvalue weighted by Gasteiger charge is 2.39. The lowest BCUT2D eigenvalue weighted by Crippen LogP contribution is -2.52. The zero-order valence-corrected chi connectivity index (χ0v) is 16.0. The van der Waals surface area contributed by atoms with E-state index < -0.39 is 29.1 Å². The van der Waals surface area contributed by atoms with E-state index in [1.165, 1.54) is 10.5 Å². The molecule has 0 unspecified atom stereocenters. The lowest BCUT2D eigenvalue weighted by molar-refractivity contribution is -0.160. The van der Waals surface area contributed by atoms with Gasteiger partial charge in [-0.05, 0) is 37.7 Å². The molecule has 1 atom stereocenters. The summed E-state index contributed by atoms with van der Waals surface area (Å²) in [4.78, 5) is 38.7. The van der Waals surface area contributed by atoms with Gasteiger partial charge >= 0.3 is 5.97 Å². The minimum Gasteiger partial charge on any atom is -0.464 e. The molecule has 2 rings (SSSR count). The van der Waals surface area contributed by atoms with Crippen molar-refractivity contribution < 1.29 is 19.1 Å². The molecule has 142 valence electrons. The minimum absolute atomic E-state index is 0.319. The zero-order valence-electron chi connectivity index (χ0n) is 16.0. The van der Waals surface area contributed by atoms with Crippen LogP contribution in [0.3, 0.4) is 0 Å². The molecule has 1 saturated heterocycles. The fraction of sp³-hybridized carbons (Fsp3) is 0.571. The predicted molar refractivity (Wildman–Crippen MR) is 99.5 cm³/mol. The Morgan fingerprint density at radius 3 is 2.46 bits per heavy atom. The maximum atomic E-state index is 12.5. The van der Waals surface area contributed by atoms with E-state index in [4.69, 9.17) is 4.74 Å². The highest BCUT2D eigenvalue weighted by molar-refractivity contribution is 6.38. The van der Waals surface area contributed by atoms with Gasteiger partial charge in [-0.3, -0.25) is 9.59 Å². The Bertz CT molecular complexity index is 633. The Morgan fingerprint density at radius 1 is 1.12 bits per heavy atom. The monoisotopic (exact) mass is 359 g/mol. The number of amides is 1. The molecule has 1 fully saturated rings. The molecule has 0 aromatic heterocycles. The van der Waals surface area contributed by atoms with Gasteiger partial charge in [0.05, 0.1) is 6.61 Å². The summed E-state index contributed by atoms with van der Waals surface area (Å²) < 4.78 is 5.40. The Labute approximate surface area is 155 Å². The predicted octanol–water partition coefficient (Wildman–Crippen LogP) is 3.16. The van der Waals surface area contributed by atoms with Crippen LogP contribution in [0.4, 0.5) is 0 Å². The van der Waals surface area contributed by atoms with E-state index in [1.54, 1.807) is 20.8 Å². The number of benzene rings is 1. The lowest BCUT2D eigenvalue weighted by atomic mass is 9.89. The molecule has 1 heterocycles. The second kappa shape index (κ2) is 8.97. The SMILES string of the molecule is CC(C)(C)C(=O)C(=O)N1CCCC[C@H]1C(=O)OCCCc1ccccc1. The van der Waals surface area contributed by atoms with Crippen molar-refractivity contribution >= 4 is 17.7 Å². The van der Waals surface area contributed by atoms with E-state index in [0.29, 0.717) is 19.6 Å². The molecule has 5 heteroatoms. The number of hydrogen-bond acceptors (Lipinski definition) is 4. The number of ether oxygens (including phenoxy) is 1. The van der Waals surface area contributed by atoms with Crippen molar-refractivity contribution in [2.24, 2.45) is 5.41 Å². The number of esters is 1. The van der Waals surface area contributed by atoms with Gasteiger partial charge in [0, 0.05) is 12.0 Å². The van der Waals surface area contributed by atoms with Gasteiger partial charge in [-0.25, -0.2) is 4.79 Å². The molecule has 0 N–H and O–H groups in total. The van der Waals surface area contributed by atoms with Crippen LogP contribution in [0.1, 0.15) is 52.0 Å². The Hall–Kier alpha value is -2.17. The first-order valence-electron chi connectivity index (χ1n) is 9.36. The molecule has 26 heavy (non-hydrogen) atoms. The van der Waals surface area contributed by atoms with Crippen molar-refractivity contribution in [3.63, 3.8) is 0 Å². The maximum Gasteiger partial charge on any atom is 0.328 e. The molecule has 0 radical (unpaired) electrons. The lowest BCUT2D eigenvalue weighted by Gasteiger charge is -2.34. The van der Waals surface area contributed by atoms with Crippen LogP contribution in [0.25, 0.3) is 0 Å². The maximum absolute atomic E-state index is 12.5. The fourth-order valence-corrected chi connectivity index (χ4v) is 3.06. The number of nitrogens with zero attached hydrogens (tertiary/aromatic N) is 1. The quantitative estimate of drug-likeness (QED) is 0.445. The van der Waals surface area contributed by atoms with Gasteiger partial charge in [0.1, 0.15) is 6.04 Å². The largest absolute Gasteiger partial charge is 0.464 e. The van der Waals surface area contributed by atoms with Crippen LogP contribution in [0.5, 0.6) is 0 Å². The van der Waals surface area contributed by atoms with Crippen molar-refractivity contribution in [2.45, 2.75) is 58.9 Å². The number of hydrogen-bond donors (Lipinski definition) is 0. The normalized spacial score (nSPS) is 17.7. The average molecular weight is 359 g/mol. The van der Waals surface area contributed by atoms with E-state index in [1.807, 2.05) is 30.3 Å². The van der Waals surface area contributed by atoms with Crippen molar-refractivity contribution in [2.75, 3.05) is 13.2 Å². The first-order chi connectivity index (χ1) is 12.3. The number of aryl methyl sites for hydroxylation is 1. The van der Waals surface area contributed by atoms with Crippen LogP contribution >= 0.6 is 0 Å². The molecule has 1 amide bonds. The van der Waals surface area contributed by atoms with E-state index in [0.717, 1.165) is 25.7 Å². The summed E-state index contributed by atoms with van der Waals surface area (Å²) in [5, 5.41) is 0. The van der Waals surface area contributed by atoms with Crippen molar-refractivity contribution in [1.82, 2.24) is 4.90 Å². The van der Waals surface area contributed by atoms with Crippen LogP contribution < -0.4 is 0 Å². The number of Topliss-reactive ketones (excluding diaryl/α,β-unsaturated/α-hetero) is 1. The topological polar surface area (TPSA) is 63.7 Å². The van der Waals surface area contributed by atoms with E-state index in [-0.39, 0.29) is 0 Å². The van der Waals surface area contributed by atoms with E-state index in [9.17, 15) is 14.4 Å². The smallest absolute Gasteiger partial charge is 0.328 e. The summed E-state index contributed by atoms with van der Waals surface area (Å²) in [5.41, 5.74) is 0.451. The molecule has 0 saturated carbocycles. The van der Waals surface area contributed by atoms with E-state index >= 15 is 0 Å². The van der Waals surface area contributed by atoms with E-state index in [2.05, 4.69) is 0 Å². The number of piperidine rings is 1. The van der Waals surface area contributed by atoms with Gasteiger partial charge in [-0.1, -0.05) is 51.1 Å². The van der Waals surface area contributed by atoms with Crippen LogP contribution in [0.2, 0.25) is 0 Å². The summed E-state index contributed by atoms with van der Waals surface area (Å²) in [7, 11) is 0. The second-order valence-corrected chi connectivity index (χ2v) is 7.85. The molecule has 1 aliphatic rings. The van der Waals surface area contributed by atoms with Crippen molar-refractivity contribution in [3.8, 4) is 0 Å². The Balaban J connectivity index is 1.88. The number of rotatable bonds is 6. The number of carbonyl (C=O) groups excluding carboxylic acids is 3. The van der Waals surface area contributed by atoms with Gasteiger partial charge < -0.3 is 9.64 Å². The van der Waals surface area contributed by atoms with Gasteiger partial charge in [0.2, 0.25) is 5.78 Å². The third-order valence-electron chi connectivity index (χ3n) is 4.61. The van der Waals surface area contributed by atoms with Gasteiger partial charge in [-0.2, -0.15) is 0 Å². The number of likely N-dealkylation sites (tertiary alicyclic amines) is 1. The third-order valence-corrected chi connectivity index (χ3v) is 4.61. The van der Waals surface area contributed by atoms with Crippen molar-refractivity contribution in [3.05, 3.63) is 35.9 Å². The number of carbonyl (C=O) groups is 3. The summed E-state index contributed by atoms with van der Waals surface area (Å²) in [6.07, 6.45) is 3.79. The molecular formula is C21H29NO4. The molecular weight excluding hydrogens is 330 g/mol. The average Bonchev–Trinajstić information content (AvgIpc) is 2.64. The zero-order chi connectivity index (χ0) is 19.2. The highest BCUT2D eigenvalue weighted by atomic mass is 16.5. The van der Waals surface area contributed by atoms with Crippen molar-refractivity contribution in [1.29, 1.82) is 0 Å².